The predicted molar refractivity (Wildman–Crippen MR) is 193 cm³/mol. The number of halogens is 1. The zero-order valence-electron chi connectivity index (χ0n) is 26.5. The van der Waals surface area contributed by atoms with Crippen LogP contribution in [0.3, 0.4) is 0 Å². The van der Waals surface area contributed by atoms with Crippen LogP contribution in [0.1, 0.15) is 33.2 Å². The molecule has 1 aliphatic rings. The Labute approximate surface area is 291 Å². The molecule has 0 aliphatic carbocycles. The summed E-state index contributed by atoms with van der Waals surface area (Å²) < 4.78 is 13.6. The van der Waals surface area contributed by atoms with Crippen LogP contribution in [-0.2, 0) is 14.4 Å². The first-order valence-corrected chi connectivity index (χ1v) is 16.4. The van der Waals surface area contributed by atoms with E-state index in [0.717, 1.165) is 5.56 Å². The highest BCUT2D eigenvalue weighted by molar-refractivity contribution is 8.00. The molecule has 5 aromatic rings. The second kappa shape index (κ2) is 15.7. The highest BCUT2D eigenvalue weighted by atomic mass is 32.2. The predicted octanol–water partition coefficient (Wildman–Crippen LogP) is 6.94. The highest BCUT2D eigenvalue weighted by Crippen LogP contribution is 2.37. The van der Waals surface area contributed by atoms with E-state index in [1.165, 1.54) is 47.1 Å². The largest absolute Gasteiger partial charge is 0.321 e. The maximum Gasteiger partial charge on any atom is 0.272 e. The summed E-state index contributed by atoms with van der Waals surface area (Å²) in [6.07, 6.45) is 1.41. The van der Waals surface area contributed by atoms with Gasteiger partial charge >= 0.3 is 0 Å². The van der Waals surface area contributed by atoms with Gasteiger partial charge in [0.25, 0.3) is 17.7 Å². The van der Waals surface area contributed by atoms with Gasteiger partial charge in [-0.3, -0.25) is 19.2 Å². The van der Waals surface area contributed by atoms with Crippen LogP contribution in [-0.4, -0.2) is 29.5 Å². The number of nitrogens with zero attached hydrogens (tertiary/aromatic N) is 2. The smallest absolute Gasteiger partial charge is 0.272 e. The van der Waals surface area contributed by atoms with E-state index in [-0.39, 0.29) is 29.8 Å². The van der Waals surface area contributed by atoms with Crippen molar-refractivity contribution in [3.05, 3.63) is 168 Å². The summed E-state index contributed by atoms with van der Waals surface area (Å²) in [5, 5.41) is 13.2. The first kappa shape index (κ1) is 33.6. The van der Waals surface area contributed by atoms with Crippen molar-refractivity contribution < 1.29 is 23.6 Å². The molecule has 0 saturated carbocycles. The van der Waals surface area contributed by atoms with Crippen molar-refractivity contribution in [2.24, 2.45) is 5.10 Å². The number of thioether (sulfide) groups is 1. The van der Waals surface area contributed by atoms with Gasteiger partial charge in [0.1, 0.15) is 22.6 Å². The topological polar surface area (TPSA) is 120 Å². The Balaban J connectivity index is 1.21. The molecule has 1 unspecified atom stereocenters. The fourth-order valence-electron chi connectivity index (χ4n) is 5.03. The molecule has 0 bridgehead atoms. The van der Waals surface area contributed by atoms with Gasteiger partial charge in [-0.1, -0.05) is 84.9 Å². The van der Waals surface area contributed by atoms with E-state index in [9.17, 15) is 23.6 Å². The number of carbonyl (C=O) groups is 4. The van der Waals surface area contributed by atoms with Crippen LogP contribution in [0.5, 0.6) is 0 Å². The minimum absolute atomic E-state index is 0.0527. The minimum atomic E-state index is -0.732. The van der Waals surface area contributed by atoms with Crippen molar-refractivity contribution in [3.63, 3.8) is 0 Å². The summed E-state index contributed by atoms with van der Waals surface area (Å²) in [5.41, 5.74) is 2.55. The molecule has 0 fully saturated rings. The van der Waals surface area contributed by atoms with Gasteiger partial charge in [0.05, 0.1) is 12.1 Å². The number of anilines is 2. The zero-order valence-corrected chi connectivity index (χ0v) is 27.3. The Hall–Kier alpha value is -6.33. The number of carbonyl (C=O) groups excluding carboxylic acids is 4. The Morgan fingerprint density at radius 1 is 0.780 bits per heavy atom. The van der Waals surface area contributed by atoms with E-state index >= 15 is 0 Å². The quantitative estimate of drug-likeness (QED) is 0.109. The van der Waals surface area contributed by atoms with Gasteiger partial charge in [-0.15, -0.1) is 11.8 Å². The first-order valence-electron chi connectivity index (χ1n) is 15.6. The summed E-state index contributed by atoms with van der Waals surface area (Å²) >= 11 is 1.26. The molecule has 9 nitrogen and oxygen atoms in total. The number of nitrogens with one attached hydrogen (secondary N) is 3. The molecule has 1 heterocycles. The molecule has 1 atom stereocenters. The lowest BCUT2D eigenvalue weighted by Gasteiger charge is -2.17. The molecule has 248 valence electrons. The standard InChI is InChI=1S/C39H30FN5O4S/c40-29-21-19-26(20-22-29)23-33(42-37(47)28-13-6-2-7-14-28)38(48)41-30-15-10-18-32(24-30)50-36(27-11-4-1-5-12-27)39(49)43-34-25-35(46)45(44-34)31-16-8-3-9-17-31/h1-24,36H,25H2,(H,41,48)(H,42,47)(H,43,44,49)/b33-23-. The summed E-state index contributed by atoms with van der Waals surface area (Å²) in [4.78, 5) is 53.7. The van der Waals surface area contributed by atoms with Crippen LogP contribution in [0.25, 0.3) is 6.08 Å². The third-order valence-electron chi connectivity index (χ3n) is 7.44. The van der Waals surface area contributed by atoms with E-state index in [2.05, 4.69) is 21.1 Å². The van der Waals surface area contributed by atoms with Gasteiger partial charge in [0, 0.05) is 16.1 Å². The molecule has 0 spiro atoms. The number of hydrogen-bond acceptors (Lipinski definition) is 6. The lowest BCUT2D eigenvalue weighted by molar-refractivity contribution is -0.119. The summed E-state index contributed by atoms with van der Waals surface area (Å²) in [7, 11) is 0. The van der Waals surface area contributed by atoms with Crippen molar-refractivity contribution in [1.82, 2.24) is 10.6 Å². The summed E-state index contributed by atoms with van der Waals surface area (Å²) in [6, 6.07) is 39.1. The number of amidine groups is 1. The molecular weight excluding hydrogens is 654 g/mol. The Bertz CT molecular complexity index is 2070. The summed E-state index contributed by atoms with van der Waals surface area (Å²) in [6.45, 7) is 0. The van der Waals surface area contributed by atoms with Crippen molar-refractivity contribution in [2.75, 3.05) is 10.3 Å². The summed E-state index contributed by atoms with van der Waals surface area (Å²) in [5.74, 6) is -1.92. The van der Waals surface area contributed by atoms with E-state index in [1.54, 1.807) is 72.8 Å². The van der Waals surface area contributed by atoms with Crippen LogP contribution in [0.15, 0.2) is 155 Å². The second-order valence-electron chi connectivity index (χ2n) is 11.1. The van der Waals surface area contributed by atoms with Crippen molar-refractivity contribution in [3.8, 4) is 0 Å². The zero-order chi connectivity index (χ0) is 34.9. The Morgan fingerprint density at radius 2 is 1.44 bits per heavy atom. The van der Waals surface area contributed by atoms with Crippen LogP contribution >= 0.6 is 11.8 Å². The minimum Gasteiger partial charge on any atom is -0.321 e. The highest BCUT2D eigenvalue weighted by Gasteiger charge is 2.29. The average Bonchev–Trinajstić information content (AvgIpc) is 3.51. The number of para-hydroxylation sites is 1. The fraction of sp³-hybridized carbons (Fsp3) is 0.0513. The van der Waals surface area contributed by atoms with Gasteiger partial charge in [0.15, 0.2) is 0 Å². The third-order valence-corrected chi connectivity index (χ3v) is 8.69. The van der Waals surface area contributed by atoms with Gasteiger partial charge in [-0.2, -0.15) is 10.1 Å². The molecule has 0 aromatic heterocycles. The maximum absolute atomic E-state index is 13.7. The van der Waals surface area contributed by atoms with E-state index in [0.29, 0.717) is 27.4 Å². The maximum atomic E-state index is 13.7. The van der Waals surface area contributed by atoms with Crippen LogP contribution in [0, 0.1) is 5.82 Å². The normalized spacial score (nSPS) is 13.3. The number of rotatable bonds is 10. The molecule has 0 radical (unpaired) electrons. The number of benzene rings is 5. The van der Waals surface area contributed by atoms with Gasteiger partial charge in [0.2, 0.25) is 5.91 Å². The second-order valence-corrected chi connectivity index (χ2v) is 12.3. The van der Waals surface area contributed by atoms with Crippen LogP contribution in [0.4, 0.5) is 15.8 Å². The van der Waals surface area contributed by atoms with Crippen LogP contribution in [0.2, 0.25) is 0 Å². The van der Waals surface area contributed by atoms with Crippen molar-refractivity contribution >= 4 is 58.7 Å². The Morgan fingerprint density at radius 3 is 2.14 bits per heavy atom. The molecule has 4 amide bonds. The molecule has 6 rings (SSSR count). The number of hydrazone groups is 1. The van der Waals surface area contributed by atoms with E-state index in [4.69, 9.17) is 0 Å². The lowest BCUT2D eigenvalue weighted by Crippen LogP contribution is -2.33. The SMILES string of the molecule is O=C(Nc1cccc(SC(C(=O)NC2=NN(c3ccccc3)C(=O)C2)c2ccccc2)c1)/C(=C/c1ccc(F)cc1)NC(=O)c1ccccc1. The molecular formula is C39H30FN5O4S. The van der Waals surface area contributed by atoms with Gasteiger partial charge < -0.3 is 16.0 Å². The van der Waals surface area contributed by atoms with Crippen molar-refractivity contribution in [1.29, 1.82) is 0 Å². The third kappa shape index (κ3) is 8.57. The molecule has 1 aliphatic heterocycles. The molecule has 5 aromatic carbocycles. The monoisotopic (exact) mass is 683 g/mol. The van der Waals surface area contributed by atoms with Crippen LogP contribution < -0.4 is 21.0 Å². The Kier molecular flexibility index (Phi) is 10.5. The average molecular weight is 684 g/mol. The lowest BCUT2D eigenvalue weighted by atomic mass is 10.1. The molecule has 0 saturated heterocycles. The van der Waals surface area contributed by atoms with E-state index in [1.807, 2.05) is 42.5 Å². The first-order chi connectivity index (χ1) is 24.3. The molecule has 11 heteroatoms. The van der Waals surface area contributed by atoms with Crippen molar-refractivity contribution in [2.45, 2.75) is 16.6 Å². The van der Waals surface area contributed by atoms with E-state index < -0.39 is 22.9 Å². The number of hydrogen-bond donors (Lipinski definition) is 3. The van der Waals surface area contributed by atoms with Gasteiger partial charge in [-0.25, -0.2) is 4.39 Å². The molecule has 50 heavy (non-hydrogen) atoms. The fourth-order valence-corrected chi connectivity index (χ4v) is 6.11. The molecule has 3 N–H and O–H groups in total. The number of amides is 4. The van der Waals surface area contributed by atoms with Gasteiger partial charge in [-0.05, 0) is 71.8 Å².